The molecule has 1 heterocycles. The van der Waals surface area contributed by atoms with E-state index in [1.165, 1.54) is 18.2 Å². The average molecular weight is 348 g/mol. The van der Waals surface area contributed by atoms with E-state index in [9.17, 15) is 15.0 Å². The number of hydrogen-bond acceptors (Lipinski definition) is 7. The highest BCUT2D eigenvalue weighted by atomic mass is 16.5. The smallest absolute Gasteiger partial charge is 0.265 e. The van der Waals surface area contributed by atoms with Crippen molar-refractivity contribution in [3.8, 4) is 11.6 Å². The lowest BCUT2D eigenvalue weighted by molar-refractivity contribution is 0.102. The van der Waals surface area contributed by atoms with E-state index in [1.54, 1.807) is 0 Å². The summed E-state index contributed by atoms with van der Waals surface area (Å²) in [5.74, 6) is 0.193. The van der Waals surface area contributed by atoms with Crippen LogP contribution in [-0.2, 0) is 13.2 Å². The second-order valence-corrected chi connectivity index (χ2v) is 6.05. The van der Waals surface area contributed by atoms with Gasteiger partial charge in [0.25, 0.3) is 5.88 Å². The van der Waals surface area contributed by atoms with Crippen molar-refractivity contribution in [3.05, 3.63) is 40.6 Å². The Morgan fingerprint density at radius 3 is 2.76 bits per heavy atom. The number of aromatic nitrogens is 1. The van der Waals surface area contributed by atoms with Crippen LogP contribution in [0.2, 0.25) is 0 Å². The molecular weight excluding hydrogens is 324 g/mol. The molecule has 0 amide bonds. The van der Waals surface area contributed by atoms with Gasteiger partial charge < -0.3 is 24.4 Å². The molecule has 0 bridgehead atoms. The summed E-state index contributed by atoms with van der Waals surface area (Å²) in [6.45, 7) is 2.50. The zero-order valence-electron chi connectivity index (χ0n) is 14.8. The maximum Gasteiger partial charge on any atom is 0.265 e. The Morgan fingerprint density at radius 2 is 2.12 bits per heavy atom. The van der Waals surface area contributed by atoms with Crippen molar-refractivity contribution in [2.75, 3.05) is 20.7 Å². The molecule has 7 heteroatoms. The fourth-order valence-electron chi connectivity index (χ4n) is 2.40. The van der Waals surface area contributed by atoms with Gasteiger partial charge in [0.15, 0.2) is 5.76 Å². The SMILES string of the molecule is CCCCOc1noc(CN(C)C)c1C(=O)c1ccc(O)cc1CO. The number of benzene rings is 1. The standard InChI is InChI=1S/C18H24N2O5/c1-4-5-8-24-18-16(15(25-19-18)10-20(2)3)17(23)14-7-6-13(22)9-12(14)11-21/h6-7,9,21-22H,4-5,8,10-11H2,1-3H3. The number of aliphatic hydroxyl groups excluding tert-OH is 1. The van der Waals surface area contributed by atoms with Crippen LogP contribution < -0.4 is 4.74 Å². The summed E-state index contributed by atoms with van der Waals surface area (Å²) < 4.78 is 11.0. The highest BCUT2D eigenvalue weighted by Gasteiger charge is 2.27. The highest BCUT2D eigenvalue weighted by Crippen LogP contribution is 2.28. The van der Waals surface area contributed by atoms with E-state index in [2.05, 4.69) is 5.16 Å². The third-order valence-electron chi connectivity index (χ3n) is 3.66. The largest absolute Gasteiger partial charge is 0.508 e. The number of aliphatic hydroxyl groups is 1. The van der Waals surface area contributed by atoms with Crippen molar-refractivity contribution in [3.63, 3.8) is 0 Å². The summed E-state index contributed by atoms with van der Waals surface area (Å²) in [5, 5.41) is 23.0. The number of aromatic hydroxyl groups is 1. The van der Waals surface area contributed by atoms with Gasteiger partial charge in [0, 0.05) is 5.56 Å². The van der Waals surface area contributed by atoms with Gasteiger partial charge in [-0.15, -0.1) is 0 Å². The molecule has 0 aliphatic carbocycles. The Kier molecular flexibility index (Phi) is 6.55. The molecule has 0 fully saturated rings. The molecule has 2 aromatic rings. The molecule has 0 aliphatic rings. The van der Waals surface area contributed by atoms with E-state index >= 15 is 0 Å². The van der Waals surface area contributed by atoms with Gasteiger partial charge in [-0.1, -0.05) is 13.3 Å². The predicted octanol–water partition coefficient (Wildman–Crippen LogP) is 2.34. The fraction of sp³-hybridized carbons (Fsp3) is 0.444. The van der Waals surface area contributed by atoms with E-state index in [1.807, 2.05) is 25.9 Å². The van der Waals surface area contributed by atoms with Gasteiger partial charge in [-0.25, -0.2) is 0 Å². The molecule has 0 spiro atoms. The first kappa shape index (κ1) is 19.0. The zero-order chi connectivity index (χ0) is 18.4. The minimum absolute atomic E-state index is 0.0150. The number of ketones is 1. The Morgan fingerprint density at radius 1 is 1.36 bits per heavy atom. The Bertz CT molecular complexity index is 724. The van der Waals surface area contributed by atoms with E-state index in [-0.39, 0.29) is 35.1 Å². The monoisotopic (exact) mass is 348 g/mol. The van der Waals surface area contributed by atoms with E-state index in [0.29, 0.717) is 24.5 Å². The van der Waals surface area contributed by atoms with Crippen LogP contribution in [0.4, 0.5) is 0 Å². The number of unbranched alkanes of at least 4 members (excludes halogenated alkanes) is 1. The van der Waals surface area contributed by atoms with Crippen molar-refractivity contribution < 1.29 is 24.3 Å². The minimum atomic E-state index is -0.365. The summed E-state index contributed by atoms with van der Waals surface area (Å²) in [6.07, 6.45) is 1.79. The molecule has 2 N–H and O–H groups in total. The van der Waals surface area contributed by atoms with Crippen LogP contribution in [0.25, 0.3) is 0 Å². The fourth-order valence-corrected chi connectivity index (χ4v) is 2.40. The van der Waals surface area contributed by atoms with Crippen molar-refractivity contribution in [2.45, 2.75) is 32.9 Å². The maximum atomic E-state index is 13.1. The molecule has 0 saturated carbocycles. The molecule has 0 saturated heterocycles. The molecule has 136 valence electrons. The first-order valence-electron chi connectivity index (χ1n) is 8.21. The lowest BCUT2D eigenvalue weighted by Crippen LogP contribution is -2.15. The van der Waals surface area contributed by atoms with Crippen molar-refractivity contribution in [2.24, 2.45) is 0 Å². The topological polar surface area (TPSA) is 96.0 Å². The number of phenols is 1. The molecule has 0 atom stereocenters. The second kappa shape index (κ2) is 8.64. The molecule has 25 heavy (non-hydrogen) atoms. The Labute approximate surface area is 146 Å². The van der Waals surface area contributed by atoms with Crippen LogP contribution in [0.3, 0.4) is 0 Å². The van der Waals surface area contributed by atoms with Gasteiger partial charge in [0.05, 0.1) is 19.8 Å². The molecular formula is C18H24N2O5. The van der Waals surface area contributed by atoms with E-state index in [4.69, 9.17) is 9.26 Å². The number of nitrogens with zero attached hydrogens (tertiary/aromatic N) is 2. The van der Waals surface area contributed by atoms with Crippen molar-refractivity contribution in [1.82, 2.24) is 10.1 Å². The van der Waals surface area contributed by atoms with Crippen LogP contribution in [-0.4, -0.2) is 46.8 Å². The normalized spacial score (nSPS) is 11.1. The maximum absolute atomic E-state index is 13.1. The number of rotatable bonds is 9. The zero-order valence-corrected chi connectivity index (χ0v) is 14.8. The molecule has 1 aromatic heterocycles. The number of ether oxygens (including phenoxy) is 1. The van der Waals surface area contributed by atoms with Crippen molar-refractivity contribution in [1.29, 1.82) is 0 Å². The van der Waals surface area contributed by atoms with Crippen LogP contribution in [0.1, 0.15) is 47.0 Å². The number of carbonyl (C=O) groups excluding carboxylic acids is 1. The third kappa shape index (κ3) is 4.58. The summed E-state index contributed by atoms with van der Waals surface area (Å²) in [4.78, 5) is 14.9. The quantitative estimate of drug-likeness (QED) is 0.530. The van der Waals surface area contributed by atoms with Crippen LogP contribution in [0, 0.1) is 0 Å². The van der Waals surface area contributed by atoms with Crippen LogP contribution in [0.5, 0.6) is 11.6 Å². The van der Waals surface area contributed by atoms with Gasteiger partial charge in [-0.05, 0) is 49.4 Å². The Balaban J connectivity index is 2.43. The summed E-state index contributed by atoms with van der Waals surface area (Å²) in [6, 6.07) is 4.25. The van der Waals surface area contributed by atoms with Gasteiger partial charge in [0.1, 0.15) is 11.3 Å². The number of carbonyl (C=O) groups is 1. The van der Waals surface area contributed by atoms with Crippen molar-refractivity contribution >= 4 is 5.78 Å². The minimum Gasteiger partial charge on any atom is -0.508 e. The summed E-state index contributed by atoms with van der Waals surface area (Å²) in [5.41, 5.74) is 0.871. The number of hydrogen-bond donors (Lipinski definition) is 2. The number of phenolic OH excluding ortho intramolecular Hbond substituents is 1. The molecule has 1 aromatic carbocycles. The predicted molar refractivity (Wildman–Crippen MR) is 91.8 cm³/mol. The second-order valence-electron chi connectivity index (χ2n) is 6.05. The van der Waals surface area contributed by atoms with Gasteiger partial charge in [0.2, 0.25) is 5.78 Å². The van der Waals surface area contributed by atoms with E-state index < -0.39 is 0 Å². The summed E-state index contributed by atoms with van der Waals surface area (Å²) in [7, 11) is 3.71. The molecule has 0 radical (unpaired) electrons. The molecule has 7 nitrogen and oxygen atoms in total. The van der Waals surface area contributed by atoms with Gasteiger partial charge >= 0.3 is 0 Å². The van der Waals surface area contributed by atoms with E-state index in [0.717, 1.165) is 12.8 Å². The van der Waals surface area contributed by atoms with Gasteiger partial charge in [-0.3, -0.25) is 4.79 Å². The molecule has 0 aliphatic heterocycles. The lowest BCUT2D eigenvalue weighted by Gasteiger charge is -2.11. The first-order valence-corrected chi connectivity index (χ1v) is 8.21. The average Bonchev–Trinajstić information content (AvgIpc) is 2.96. The lowest BCUT2D eigenvalue weighted by atomic mass is 9.98. The summed E-state index contributed by atoms with van der Waals surface area (Å²) >= 11 is 0. The Hall–Kier alpha value is -2.38. The van der Waals surface area contributed by atoms with Crippen LogP contribution in [0.15, 0.2) is 22.7 Å². The third-order valence-corrected chi connectivity index (χ3v) is 3.66. The van der Waals surface area contributed by atoms with Crippen LogP contribution >= 0.6 is 0 Å². The van der Waals surface area contributed by atoms with Gasteiger partial charge in [-0.2, -0.15) is 0 Å². The molecule has 2 rings (SSSR count). The highest BCUT2D eigenvalue weighted by molar-refractivity contribution is 6.12. The molecule has 0 unspecified atom stereocenters. The first-order chi connectivity index (χ1) is 12.0.